The quantitative estimate of drug-likeness (QED) is 0.605. The summed E-state index contributed by atoms with van der Waals surface area (Å²) in [7, 11) is 1.60. The molecule has 1 aromatic carbocycles. The Morgan fingerprint density at radius 1 is 1.16 bits per heavy atom. The first-order chi connectivity index (χ1) is 12.2. The van der Waals surface area contributed by atoms with Crippen molar-refractivity contribution in [3.8, 4) is 5.75 Å². The van der Waals surface area contributed by atoms with Crippen molar-refractivity contribution < 1.29 is 14.6 Å². The van der Waals surface area contributed by atoms with Crippen molar-refractivity contribution in [1.29, 1.82) is 0 Å². The first-order valence-corrected chi connectivity index (χ1v) is 9.34. The molecule has 0 saturated carbocycles. The van der Waals surface area contributed by atoms with Gasteiger partial charge in [0.25, 0.3) is 0 Å². The third kappa shape index (κ3) is 4.60. The average molecular weight is 374 g/mol. The molecule has 0 saturated heterocycles. The minimum Gasteiger partial charge on any atom is -0.497 e. The van der Waals surface area contributed by atoms with E-state index in [2.05, 4.69) is 10.6 Å². The van der Waals surface area contributed by atoms with Crippen molar-refractivity contribution in [2.45, 2.75) is 12.6 Å². The van der Waals surface area contributed by atoms with Crippen LogP contribution in [0.1, 0.15) is 20.7 Å². The number of aliphatic hydroxyl groups excluding tert-OH is 1. The molecule has 0 fully saturated rings. The lowest BCUT2D eigenvalue weighted by Crippen LogP contribution is -2.27. The van der Waals surface area contributed by atoms with Crippen LogP contribution in [0.15, 0.2) is 53.9 Å². The number of methoxy groups -OCH3 is 1. The van der Waals surface area contributed by atoms with Crippen LogP contribution >= 0.6 is 22.7 Å². The average Bonchev–Trinajstić information content (AvgIpc) is 3.32. The topological polar surface area (TPSA) is 70.6 Å². The second-order valence-electron chi connectivity index (χ2n) is 5.26. The molecule has 2 heterocycles. The van der Waals surface area contributed by atoms with Crippen LogP contribution in [0.4, 0.5) is 10.5 Å². The molecular formula is C18H18N2O3S2. The van der Waals surface area contributed by atoms with E-state index in [9.17, 15) is 9.90 Å². The molecular weight excluding hydrogens is 356 g/mol. The van der Waals surface area contributed by atoms with Gasteiger partial charge in [-0.3, -0.25) is 0 Å². The zero-order valence-corrected chi connectivity index (χ0v) is 15.2. The van der Waals surface area contributed by atoms with Crippen molar-refractivity contribution >= 4 is 34.4 Å². The molecule has 130 valence electrons. The molecule has 2 aromatic heterocycles. The molecule has 0 aliphatic heterocycles. The van der Waals surface area contributed by atoms with Gasteiger partial charge in [-0.25, -0.2) is 4.79 Å². The van der Waals surface area contributed by atoms with E-state index in [1.807, 2.05) is 29.6 Å². The third-order valence-electron chi connectivity index (χ3n) is 3.54. The number of nitrogens with one attached hydrogen (secondary N) is 2. The number of amides is 2. The molecule has 0 radical (unpaired) electrons. The number of rotatable bonds is 6. The van der Waals surface area contributed by atoms with Gasteiger partial charge in [-0.2, -0.15) is 0 Å². The zero-order chi connectivity index (χ0) is 17.6. The summed E-state index contributed by atoms with van der Waals surface area (Å²) < 4.78 is 5.08. The minimum absolute atomic E-state index is 0.279. The highest BCUT2D eigenvalue weighted by atomic mass is 32.1. The van der Waals surface area contributed by atoms with Gasteiger partial charge < -0.3 is 20.5 Å². The van der Waals surface area contributed by atoms with Crippen LogP contribution in [0.25, 0.3) is 0 Å². The lowest BCUT2D eigenvalue weighted by Gasteiger charge is -2.08. The van der Waals surface area contributed by atoms with Crippen molar-refractivity contribution in [2.75, 3.05) is 12.4 Å². The van der Waals surface area contributed by atoms with E-state index in [1.54, 1.807) is 31.4 Å². The van der Waals surface area contributed by atoms with E-state index in [1.165, 1.54) is 22.7 Å². The van der Waals surface area contributed by atoms with E-state index >= 15 is 0 Å². The second kappa shape index (κ2) is 8.15. The van der Waals surface area contributed by atoms with E-state index in [4.69, 9.17) is 4.74 Å². The fraction of sp³-hybridized carbons (Fsp3) is 0.167. The van der Waals surface area contributed by atoms with Crippen LogP contribution in [-0.2, 0) is 6.54 Å². The minimum atomic E-state index is -0.605. The van der Waals surface area contributed by atoms with Crippen LogP contribution < -0.4 is 15.4 Å². The molecule has 0 spiro atoms. The normalized spacial score (nSPS) is 11.8. The van der Waals surface area contributed by atoms with Gasteiger partial charge in [-0.05, 0) is 47.8 Å². The number of benzene rings is 1. The second-order valence-corrected chi connectivity index (χ2v) is 7.44. The van der Waals surface area contributed by atoms with E-state index in [0.29, 0.717) is 12.2 Å². The van der Waals surface area contributed by atoms with E-state index in [0.717, 1.165) is 20.4 Å². The van der Waals surface area contributed by atoms with Crippen LogP contribution in [0.2, 0.25) is 0 Å². The highest BCUT2D eigenvalue weighted by Gasteiger charge is 2.14. The number of hydrogen-bond acceptors (Lipinski definition) is 5. The van der Waals surface area contributed by atoms with E-state index < -0.39 is 6.10 Å². The number of aliphatic hydroxyl groups is 1. The molecule has 0 bridgehead atoms. The molecule has 7 heteroatoms. The molecule has 3 N–H and O–H groups in total. The van der Waals surface area contributed by atoms with Crippen molar-refractivity contribution in [1.82, 2.24) is 5.32 Å². The summed E-state index contributed by atoms with van der Waals surface area (Å²) >= 11 is 3.02. The summed E-state index contributed by atoms with van der Waals surface area (Å²) in [6, 6.07) is 14.5. The third-order valence-corrected chi connectivity index (χ3v) is 5.60. The fourth-order valence-corrected chi connectivity index (χ4v) is 4.00. The smallest absolute Gasteiger partial charge is 0.319 e. The maximum atomic E-state index is 12.0. The number of carbonyl (C=O) groups excluding carboxylic acids is 1. The highest BCUT2D eigenvalue weighted by Crippen LogP contribution is 2.30. The Labute approximate surface area is 153 Å². The Balaban J connectivity index is 1.52. The number of hydrogen-bond donors (Lipinski definition) is 3. The number of carbonyl (C=O) groups is 1. The first-order valence-electron chi connectivity index (χ1n) is 7.64. The van der Waals surface area contributed by atoms with Gasteiger partial charge in [0.15, 0.2) is 0 Å². The van der Waals surface area contributed by atoms with Gasteiger partial charge in [0.1, 0.15) is 11.9 Å². The van der Waals surface area contributed by atoms with Crippen molar-refractivity contribution in [2.24, 2.45) is 0 Å². The van der Waals surface area contributed by atoms with Crippen LogP contribution in [0.3, 0.4) is 0 Å². The number of thiophene rings is 2. The molecule has 3 aromatic rings. The molecule has 3 rings (SSSR count). The largest absolute Gasteiger partial charge is 0.497 e. The maximum absolute atomic E-state index is 12.0. The van der Waals surface area contributed by atoms with E-state index in [-0.39, 0.29) is 6.03 Å². The van der Waals surface area contributed by atoms with Crippen molar-refractivity contribution in [3.05, 3.63) is 68.5 Å². The lowest BCUT2D eigenvalue weighted by atomic mass is 10.2. The summed E-state index contributed by atoms with van der Waals surface area (Å²) in [4.78, 5) is 14.7. The van der Waals surface area contributed by atoms with Crippen LogP contribution in [0.5, 0.6) is 5.75 Å². The Hall–Kier alpha value is -2.35. The molecule has 1 atom stereocenters. The Morgan fingerprint density at radius 2 is 1.96 bits per heavy atom. The lowest BCUT2D eigenvalue weighted by molar-refractivity contribution is 0.228. The highest BCUT2D eigenvalue weighted by molar-refractivity contribution is 7.12. The molecule has 2 amide bonds. The molecule has 25 heavy (non-hydrogen) atoms. The SMILES string of the molecule is COc1ccc(NC(=O)NCc2ccc(C(O)c3cccs3)s2)cc1. The maximum Gasteiger partial charge on any atom is 0.319 e. The van der Waals surface area contributed by atoms with Gasteiger partial charge in [0, 0.05) is 20.3 Å². The van der Waals surface area contributed by atoms with Gasteiger partial charge in [0.2, 0.25) is 0 Å². The predicted molar refractivity (Wildman–Crippen MR) is 102 cm³/mol. The summed E-state index contributed by atoms with van der Waals surface area (Å²) in [5.74, 6) is 0.737. The Morgan fingerprint density at radius 3 is 2.64 bits per heavy atom. The summed E-state index contributed by atoms with van der Waals surface area (Å²) in [5.41, 5.74) is 0.693. The van der Waals surface area contributed by atoms with Gasteiger partial charge in [0.05, 0.1) is 13.7 Å². The van der Waals surface area contributed by atoms with Gasteiger partial charge in [-0.1, -0.05) is 6.07 Å². The van der Waals surface area contributed by atoms with Gasteiger partial charge in [-0.15, -0.1) is 22.7 Å². The van der Waals surface area contributed by atoms with Crippen molar-refractivity contribution in [3.63, 3.8) is 0 Å². The first kappa shape index (κ1) is 17.5. The van der Waals surface area contributed by atoms with Crippen LogP contribution in [0, 0.1) is 0 Å². The fourth-order valence-electron chi connectivity index (χ4n) is 2.24. The number of ether oxygens (including phenoxy) is 1. The summed E-state index contributed by atoms with van der Waals surface area (Å²) in [5, 5.41) is 17.8. The molecule has 5 nitrogen and oxygen atoms in total. The summed E-state index contributed by atoms with van der Waals surface area (Å²) in [6.45, 7) is 0.407. The standard InChI is InChI=1S/C18H18N2O3S2/c1-23-13-6-4-12(5-7-13)20-18(22)19-11-14-8-9-16(25-14)17(21)15-3-2-10-24-15/h2-10,17,21H,11H2,1H3,(H2,19,20,22). The predicted octanol–water partition coefficient (Wildman–Crippen LogP) is 4.22. The Bertz CT molecular complexity index is 813. The molecule has 0 aliphatic carbocycles. The number of urea groups is 1. The molecule has 1 unspecified atom stereocenters. The summed E-state index contributed by atoms with van der Waals surface area (Å²) in [6.07, 6.45) is -0.605. The monoisotopic (exact) mass is 374 g/mol. The van der Waals surface area contributed by atoms with Gasteiger partial charge >= 0.3 is 6.03 Å². The Kier molecular flexibility index (Phi) is 5.70. The van der Waals surface area contributed by atoms with Crippen LogP contribution in [-0.4, -0.2) is 18.2 Å². The zero-order valence-electron chi connectivity index (χ0n) is 13.6. The molecule has 0 aliphatic rings. The number of anilines is 1.